The van der Waals surface area contributed by atoms with Gasteiger partial charge < -0.3 is 10.0 Å². The van der Waals surface area contributed by atoms with Crippen LogP contribution in [0.5, 0.6) is 0 Å². The lowest BCUT2D eigenvalue weighted by Crippen LogP contribution is -2.44. The molecule has 1 aromatic carbocycles. The number of benzene rings is 1. The minimum Gasteiger partial charge on any atom is -0.480 e. The Bertz CT molecular complexity index is 1000. The summed E-state index contributed by atoms with van der Waals surface area (Å²) in [6.45, 7) is 2.60. The Morgan fingerprint density at radius 3 is 2.48 bits per heavy atom. The summed E-state index contributed by atoms with van der Waals surface area (Å²) in [6.07, 6.45) is 7.00. The Kier molecular flexibility index (Phi) is 6.15. The van der Waals surface area contributed by atoms with E-state index in [4.69, 9.17) is 0 Å². The van der Waals surface area contributed by atoms with Crippen LogP contribution >= 0.6 is 11.8 Å². The highest BCUT2D eigenvalue weighted by Gasteiger charge is 2.44. The number of carboxylic acids is 1. The minimum atomic E-state index is -0.787. The maximum Gasteiger partial charge on any atom is 0.321 e. The number of carbonyl (C=O) groups excluding carboxylic acids is 1. The standard InChI is InChI=1S/C22H27N5O3S/c1-25-15-23-20(24-25)18-5-3-16(4-6-18)17-7-10-27(11-8-17)19(28)13-26-12-9-22(14-26,31-2)21(29)30/h3-7,15H,8-14H2,1-2H3,(H,29,30). The van der Waals surface area contributed by atoms with Crippen molar-refractivity contribution in [1.82, 2.24) is 24.6 Å². The molecule has 1 fully saturated rings. The van der Waals surface area contributed by atoms with Crippen molar-refractivity contribution in [2.45, 2.75) is 17.6 Å². The van der Waals surface area contributed by atoms with E-state index in [1.807, 2.05) is 35.2 Å². The van der Waals surface area contributed by atoms with E-state index in [0.717, 1.165) is 17.5 Å². The summed E-state index contributed by atoms with van der Waals surface area (Å²) in [5, 5.41) is 13.9. The molecule has 0 spiro atoms. The molecular weight excluding hydrogens is 414 g/mol. The third-order valence-electron chi connectivity index (χ3n) is 6.13. The number of nitrogens with zero attached hydrogens (tertiary/aromatic N) is 5. The molecule has 1 N–H and O–H groups in total. The van der Waals surface area contributed by atoms with Crippen molar-refractivity contribution in [2.75, 3.05) is 39.0 Å². The van der Waals surface area contributed by atoms with E-state index < -0.39 is 10.7 Å². The fourth-order valence-corrected chi connectivity index (χ4v) is 4.96. The molecule has 0 saturated carbocycles. The maximum absolute atomic E-state index is 12.8. The van der Waals surface area contributed by atoms with Crippen LogP contribution in [0.25, 0.3) is 17.0 Å². The van der Waals surface area contributed by atoms with Crippen molar-refractivity contribution in [3.63, 3.8) is 0 Å². The zero-order valence-corrected chi connectivity index (χ0v) is 18.6. The highest BCUT2D eigenvalue weighted by molar-refractivity contribution is 8.00. The molecule has 4 rings (SSSR count). The van der Waals surface area contributed by atoms with Crippen molar-refractivity contribution in [2.24, 2.45) is 7.05 Å². The van der Waals surface area contributed by atoms with Gasteiger partial charge in [-0.15, -0.1) is 11.8 Å². The highest BCUT2D eigenvalue weighted by Crippen LogP contribution is 2.34. The number of carboxylic acid groups (broad SMARTS) is 1. The number of aromatic nitrogens is 3. The number of thioether (sulfide) groups is 1. The van der Waals surface area contributed by atoms with Gasteiger partial charge in [-0.25, -0.2) is 4.98 Å². The van der Waals surface area contributed by atoms with Crippen LogP contribution in [0, 0.1) is 0 Å². The fourth-order valence-electron chi connectivity index (χ4n) is 4.18. The Labute approximate surface area is 185 Å². The van der Waals surface area contributed by atoms with Gasteiger partial charge in [-0.1, -0.05) is 30.3 Å². The zero-order chi connectivity index (χ0) is 22.0. The van der Waals surface area contributed by atoms with Crippen LogP contribution in [0.4, 0.5) is 0 Å². The van der Waals surface area contributed by atoms with Gasteiger partial charge in [0.15, 0.2) is 5.82 Å². The first-order valence-electron chi connectivity index (χ1n) is 10.3. The van der Waals surface area contributed by atoms with E-state index in [1.54, 1.807) is 11.0 Å². The quantitative estimate of drug-likeness (QED) is 0.733. The van der Waals surface area contributed by atoms with E-state index in [2.05, 4.69) is 28.3 Å². The molecule has 1 unspecified atom stereocenters. The van der Waals surface area contributed by atoms with E-state index >= 15 is 0 Å². The van der Waals surface area contributed by atoms with Gasteiger partial charge in [0.2, 0.25) is 5.91 Å². The van der Waals surface area contributed by atoms with E-state index in [0.29, 0.717) is 38.4 Å². The Morgan fingerprint density at radius 1 is 1.19 bits per heavy atom. The molecule has 0 radical (unpaired) electrons. The van der Waals surface area contributed by atoms with E-state index in [9.17, 15) is 14.7 Å². The van der Waals surface area contributed by atoms with Gasteiger partial charge in [0.05, 0.1) is 6.54 Å². The predicted molar refractivity (Wildman–Crippen MR) is 121 cm³/mol. The summed E-state index contributed by atoms with van der Waals surface area (Å²) in [4.78, 5) is 32.5. The molecule has 1 saturated heterocycles. The monoisotopic (exact) mass is 441 g/mol. The molecule has 2 aliphatic heterocycles. The van der Waals surface area contributed by atoms with Gasteiger partial charge in [0.1, 0.15) is 11.1 Å². The lowest BCUT2D eigenvalue weighted by atomic mass is 9.98. The average Bonchev–Trinajstić information content (AvgIpc) is 3.41. The molecule has 9 heteroatoms. The number of aliphatic carboxylic acids is 1. The Morgan fingerprint density at radius 2 is 1.94 bits per heavy atom. The smallest absolute Gasteiger partial charge is 0.321 e. The van der Waals surface area contributed by atoms with Crippen molar-refractivity contribution < 1.29 is 14.7 Å². The first kappa shape index (κ1) is 21.6. The predicted octanol–water partition coefficient (Wildman–Crippen LogP) is 1.99. The third-order valence-corrected chi connectivity index (χ3v) is 7.41. The number of aryl methyl sites for hydroxylation is 1. The summed E-state index contributed by atoms with van der Waals surface area (Å²) in [5.74, 6) is -0.0155. The summed E-state index contributed by atoms with van der Waals surface area (Å²) >= 11 is 1.37. The van der Waals surface area contributed by atoms with Crippen LogP contribution in [0.3, 0.4) is 0 Å². The van der Waals surface area contributed by atoms with Crippen molar-refractivity contribution in [3.8, 4) is 11.4 Å². The SMILES string of the molecule is CSC1(C(=O)O)CCN(CC(=O)N2CC=C(c3ccc(-c4ncn(C)n4)cc3)CC2)C1. The number of hydrogen-bond acceptors (Lipinski definition) is 6. The first-order valence-corrected chi connectivity index (χ1v) is 11.6. The van der Waals surface area contributed by atoms with Crippen LogP contribution < -0.4 is 0 Å². The van der Waals surface area contributed by atoms with Crippen LogP contribution in [-0.2, 0) is 16.6 Å². The number of amides is 1. The molecule has 31 heavy (non-hydrogen) atoms. The average molecular weight is 442 g/mol. The Hall–Kier alpha value is -2.65. The van der Waals surface area contributed by atoms with Crippen molar-refractivity contribution >= 4 is 29.2 Å². The molecule has 2 aliphatic rings. The second-order valence-corrected chi connectivity index (χ2v) is 9.29. The summed E-state index contributed by atoms with van der Waals surface area (Å²) in [7, 11) is 1.85. The van der Waals surface area contributed by atoms with Gasteiger partial charge >= 0.3 is 5.97 Å². The summed E-state index contributed by atoms with van der Waals surface area (Å²) < 4.78 is 0.898. The molecule has 0 aliphatic carbocycles. The van der Waals surface area contributed by atoms with Gasteiger partial charge in [-0.05, 0) is 30.2 Å². The second kappa shape index (κ2) is 8.84. The third kappa shape index (κ3) is 4.52. The van der Waals surface area contributed by atoms with E-state index in [1.165, 1.54) is 17.3 Å². The second-order valence-electron chi connectivity index (χ2n) is 8.10. The van der Waals surface area contributed by atoms with Gasteiger partial charge in [-0.2, -0.15) is 5.10 Å². The highest BCUT2D eigenvalue weighted by atomic mass is 32.2. The largest absolute Gasteiger partial charge is 0.480 e. The first-order chi connectivity index (χ1) is 14.9. The minimum absolute atomic E-state index is 0.0640. The van der Waals surface area contributed by atoms with Gasteiger partial charge in [0.25, 0.3) is 0 Å². The van der Waals surface area contributed by atoms with E-state index in [-0.39, 0.29) is 12.5 Å². The molecule has 1 amide bonds. The van der Waals surface area contributed by atoms with Crippen LogP contribution in [0.2, 0.25) is 0 Å². The summed E-state index contributed by atoms with van der Waals surface area (Å²) in [6, 6.07) is 8.20. The fraction of sp³-hybridized carbons (Fsp3) is 0.455. The molecular formula is C22H27N5O3S. The molecule has 8 nitrogen and oxygen atoms in total. The van der Waals surface area contributed by atoms with Crippen LogP contribution in [0.15, 0.2) is 36.7 Å². The zero-order valence-electron chi connectivity index (χ0n) is 17.8. The molecule has 1 atom stereocenters. The molecule has 164 valence electrons. The topological polar surface area (TPSA) is 91.6 Å². The van der Waals surface area contributed by atoms with Gasteiger partial charge in [-0.3, -0.25) is 19.2 Å². The Balaban J connectivity index is 1.34. The lowest BCUT2D eigenvalue weighted by Gasteiger charge is -2.29. The maximum atomic E-state index is 12.8. The number of hydrogen-bond donors (Lipinski definition) is 1. The normalized spacial score (nSPS) is 21.9. The summed E-state index contributed by atoms with van der Waals surface area (Å²) in [5.41, 5.74) is 3.36. The van der Waals surface area contributed by atoms with Crippen molar-refractivity contribution in [1.29, 1.82) is 0 Å². The molecule has 0 bridgehead atoms. The lowest BCUT2D eigenvalue weighted by molar-refractivity contribution is -0.140. The van der Waals surface area contributed by atoms with Crippen LogP contribution in [0.1, 0.15) is 18.4 Å². The molecule has 3 heterocycles. The van der Waals surface area contributed by atoms with Gasteiger partial charge in [0, 0.05) is 38.8 Å². The van der Waals surface area contributed by atoms with Crippen molar-refractivity contribution in [3.05, 3.63) is 42.2 Å². The number of rotatable bonds is 6. The molecule has 1 aromatic heterocycles. The molecule has 2 aromatic rings. The van der Waals surface area contributed by atoms with Crippen LogP contribution in [-0.4, -0.2) is 85.3 Å². The number of carbonyl (C=O) groups is 2. The number of likely N-dealkylation sites (tertiary alicyclic amines) is 1.